The van der Waals surface area contributed by atoms with Crippen LogP contribution in [-0.4, -0.2) is 57.0 Å². The molecule has 5 heterocycles. The SMILES string of the molecule is CC(c1ccc(N2CCCC2)nc1)N(C)c1ccc(-c2cc(OCC(C)(C)O)cn3ncc(C#N)c23)cn1. The van der Waals surface area contributed by atoms with Crippen molar-refractivity contribution in [3.05, 3.63) is 66.2 Å². The fourth-order valence-electron chi connectivity index (χ4n) is 4.69. The predicted octanol–water partition coefficient (Wildman–Crippen LogP) is 4.61. The van der Waals surface area contributed by atoms with Gasteiger partial charge in [0.05, 0.1) is 35.1 Å². The maximum Gasteiger partial charge on any atom is 0.138 e. The molecule has 1 aliphatic heterocycles. The van der Waals surface area contributed by atoms with E-state index in [4.69, 9.17) is 14.7 Å². The van der Waals surface area contributed by atoms with Crippen molar-refractivity contribution in [3.63, 3.8) is 0 Å². The fraction of sp³-hybridized carbons (Fsp3) is 0.379. The summed E-state index contributed by atoms with van der Waals surface area (Å²) in [6.45, 7) is 7.79. The second kappa shape index (κ2) is 10.3. The number of aliphatic hydroxyl groups is 1. The number of anilines is 2. The first-order valence-corrected chi connectivity index (χ1v) is 12.9. The molecule has 1 aliphatic rings. The molecule has 0 amide bonds. The van der Waals surface area contributed by atoms with E-state index in [0.717, 1.165) is 41.4 Å². The van der Waals surface area contributed by atoms with Gasteiger partial charge in [-0.05, 0) is 63.4 Å². The lowest BCUT2D eigenvalue weighted by atomic mass is 10.0. The van der Waals surface area contributed by atoms with Crippen LogP contribution in [0.4, 0.5) is 11.6 Å². The van der Waals surface area contributed by atoms with Crippen molar-refractivity contribution in [2.75, 3.05) is 36.5 Å². The molecular weight excluding hydrogens is 478 g/mol. The molecule has 1 N–H and O–H groups in total. The molecule has 1 fully saturated rings. The van der Waals surface area contributed by atoms with E-state index in [-0.39, 0.29) is 12.6 Å². The zero-order valence-corrected chi connectivity index (χ0v) is 22.3. The third-order valence-electron chi connectivity index (χ3n) is 6.98. The van der Waals surface area contributed by atoms with Gasteiger partial charge in [0.25, 0.3) is 0 Å². The zero-order chi connectivity index (χ0) is 26.9. The molecule has 0 aliphatic carbocycles. The minimum atomic E-state index is -0.981. The van der Waals surface area contributed by atoms with Gasteiger partial charge in [-0.2, -0.15) is 10.4 Å². The molecule has 0 bridgehead atoms. The van der Waals surface area contributed by atoms with E-state index in [9.17, 15) is 10.4 Å². The lowest BCUT2D eigenvalue weighted by molar-refractivity contribution is 0.0283. The number of hydrogen-bond acceptors (Lipinski definition) is 8. The van der Waals surface area contributed by atoms with Crippen molar-refractivity contribution < 1.29 is 9.84 Å². The molecule has 0 saturated carbocycles. The Kier molecular flexibility index (Phi) is 6.91. The molecule has 5 rings (SSSR count). The first-order chi connectivity index (χ1) is 18.2. The van der Waals surface area contributed by atoms with Gasteiger partial charge in [0, 0.05) is 43.7 Å². The van der Waals surface area contributed by atoms with E-state index in [2.05, 4.69) is 40.0 Å². The van der Waals surface area contributed by atoms with Gasteiger partial charge in [-0.1, -0.05) is 6.07 Å². The van der Waals surface area contributed by atoms with Crippen LogP contribution in [0.2, 0.25) is 0 Å². The molecule has 9 nitrogen and oxygen atoms in total. The van der Waals surface area contributed by atoms with Gasteiger partial charge in [-0.15, -0.1) is 0 Å². The highest BCUT2D eigenvalue weighted by Gasteiger charge is 2.19. The van der Waals surface area contributed by atoms with Gasteiger partial charge in [-0.25, -0.2) is 14.5 Å². The minimum absolute atomic E-state index is 0.0822. The summed E-state index contributed by atoms with van der Waals surface area (Å²) in [5.41, 5.74) is 2.91. The number of fused-ring (bicyclic) bond motifs is 1. The Hall–Kier alpha value is -4.16. The zero-order valence-electron chi connectivity index (χ0n) is 22.3. The first kappa shape index (κ1) is 25.5. The number of pyridine rings is 3. The van der Waals surface area contributed by atoms with Crippen LogP contribution in [-0.2, 0) is 0 Å². The monoisotopic (exact) mass is 511 g/mol. The van der Waals surface area contributed by atoms with Crippen molar-refractivity contribution in [1.82, 2.24) is 19.6 Å². The average molecular weight is 512 g/mol. The van der Waals surface area contributed by atoms with E-state index >= 15 is 0 Å². The Morgan fingerprint density at radius 1 is 1.13 bits per heavy atom. The maximum atomic E-state index is 10.1. The first-order valence-electron chi connectivity index (χ1n) is 12.9. The lowest BCUT2D eigenvalue weighted by Gasteiger charge is -2.27. The minimum Gasteiger partial charge on any atom is -0.489 e. The summed E-state index contributed by atoms with van der Waals surface area (Å²) in [5.74, 6) is 2.41. The van der Waals surface area contributed by atoms with E-state index in [0.29, 0.717) is 16.8 Å². The Morgan fingerprint density at radius 2 is 1.92 bits per heavy atom. The van der Waals surface area contributed by atoms with E-state index < -0.39 is 5.60 Å². The van der Waals surface area contributed by atoms with Crippen molar-refractivity contribution in [2.24, 2.45) is 0 Å². The van der Waals surface area contributed by atoms with Crippen molar-refractivity contribution in [1.29, 1.82) is 5.26 Å². The molecule has 4 aromatic heterocycles. The predicted molar refractivity (Wildman–Crippen MR) is 147 cm³/mol. The van der Waals surface area contributed by atoms with Crippen molar-refractivity contribution in [3.8, 4) is 22.9 Å². The summed E-state index contributed by atoms with van der Waals surface area (Å²) < 4.78 is 7.47. The number of ether oxygens (including phenoxy) is 1. The normalized spacial score (nSPS) is 14.5. The van der Waals surface area contributed by atoms with Crippen LogP contribution < -0.4 is 14.5 Å². The summed E-state index contributed by atoms with van der Waals surface area (Å²) in [7, 11) is 2.02. The van der Waals surface area contributed by atoms with Gasteiger partial charge < -0.3 is 19.6 Å². The van der Waals surface area contributed by atoms with Crippen LogP contribution >= 0.6 is 0 Å². The molecule has 38 heavy (non-hydrogen) atoms. The van der Waals surface area contributed by atoms with Crippen LogP contribution in [0, 0.1) is 11.3 Å². The molecule has 0 aromatic carbocycles. The molecule has 0 radical (unpaired) electrons. The van der Waals surface area contributed by atoms with Crippen LogP contribution in [0.1, 0.15) is 50.8 Å². The van der Waals surface area contributed by atoms with Crippen LogP contribution in [0.15, 0.2) is 55.1 Å². The molecule has 4 aromatic rings. The lowest BCUT2D eigenvalue weighted by Crippen LogP contribution is -2.27. The van der Waals surface area contributed by atoms with Crippen LogP contribution in [0.3, 0.4) is 0 Å². The average Bonchev–Trinajstić information content (AvgIpc) is 3.61. The molecule has 9 heteroatoms. The smallest absolute Gasteiger partial charge is 0.138 e. The highest BCUT2D eigenvalue weighted by Crippen LogP contribution is 2.32. The van der Waals surface area contributed by atoms with E-state index in [1.165, 1.54) is 12.8 Å². The standard InChI is InChI=1S/C29H33N7O2/c1-20(21-7-10-27(32-15-21)35-11-5-6-12-35)34(4)26-9-8-22(16-31-26)25-13-24(38-19-29(2,3)37)18-36-28(25)23(14-30)17-33-36/h7-10,13,15-18,20,37H,5-6,11-12,19H2,1-4H3. The second-order valence-corrected chi connectivity index (χ2v) is 10.5. The fourth-order valence-corrected chi connectivity index (χ4v) is 4.69. The van der Waals surface area contributed by atoms with Gasteiger partial charge in [0.1, 0.15) is 30.1 Å². The van der Waals surface area contributed by atoms with Gasteiger partial charge in [-0.3, -0.25) is 0 Å². The number of aromatic nitrogens is 4. The van der Waals surface area contributed by atoms with Crippen LogP contribution in [0.5, 0.6) is 5.75 Å². The van der Waals surface area contributed by atoms with Crippen molar-refractivity contribution >= 4 is 17.2 Å². The quantitative estimate of drug-likeness (QED) is 0.366. The molecule has 1 unspecified atom stereocenters. The van der Waals surface area contributed by atoms with Gasteiger partial charge in [0.15, 0.2) is 0 Å². The number of hydrogen-bond donors (Lipinski definition) is 1. The highest BCUT2D eigenvalue weighted by molar-refractivity contribution is 5.85. The molecular formula is C29H33N7O2. The Morgan fingerprint density at radius 3 is 2.55 bits per heavy atom. The number of rotatable bonds is 8. The summed E-state index contributed by atoms with van der Waals surface area (Å²) in [4.78, 5) is 13.9. The maximum absolute atomic E-state index is 10.1. The molecule has 196 valence electrons. The van der Waals surface area contributed by atoms with E-state index in [1.807, 2.05) is 31.4 Å². The second-order valence-electron chi connectivity index (χ2n) is 10.5. The topological polar surface area (TPSA) is 103 Å². The van der Waals surface area contributed by atoms with Gasteiger partial charge >= 0.3 is 0 Å². The largest absolute Gasteiger partial charge is 0.489 e. The Labute approximate surface area is 222 Å². The molecule has 1 atom stereocenters. The van der Waals surface area contributed by atoms with Crippen LogP contribution in [0.25, 0.3) is 16.6 Å². The van der Waals surface area contributed by atoms with E-state index in [1.54, 1.807) is 37.0 Å². The highest BCUT2D eigenvalue weighted by atomic mass is 16.5. The third kappa shape index (κ3) is 5.27. The van der Waals surface area contributed by atoms with Gasteiger partial charge in [0.2, 0.25) is 0 Å². The van der Waals surface area contributed by atoms with Crippen molar-refractivity contribution in [2.45, 2.75) is 45.3 Å². The summed E-state index contributed by atoms with van der Waals surface area (Å²) in [6, 6.07) is 12.4. The Bertz CT molecular complexity index is 1440. The summed E-state index contributed by atoms with van der Waals surface area (Å²) in [6.07, 6.45) is 9.47. The number of nitriles is 1. The number of nitrogens with zero attached hydrogens (tertiary/aromatic N) is 7. The molecule has 0 spiro atoms. The Balaban J connectivity index is 1.39. The third-order valence-corrected chi connectivity index (χ3v) is 6.98. The molecule has 1 saturated heterocycles. The summed E-state index contributed by atoms with van der Waals surface area (Å²) in [5, 5.41) is 24.1. The summed E-state index contributed by atoms with van der Waals surface area (Å²) >= 11 is 0.